The number of nitrogens with zero attached hydrogens (tertiary/aromatic N) is 4. The summed E-state index contributed by atoms with van der Waals surface area (Å²) in [5.41, 5.74) is 10.3. The number of primary amides is 1. The number of piperazine rings is 1. The molecule has 1 amide bonds. The van der Waals surface area contributed by atoms with Gasteiger partial charge in [0, 0.05) is 42.0 Å². The van der Waals surface area contributed by atoms with Gasteiger partial charge in [-0.1, -0.05) is 29.8 Å². The molecule has 1 saturated heterocycles. The minimum Gasteiger partial charge on any atom is -0.369 e. The largest absolute Gasteiger partial charge is 0.369 e. The molecule has 0 spiro atoms. The second-order valence-corrected chi connectivity index (χ2v) is 9.09. The number of amides is 1. The van der Waals surface area contributed by atoms with Crippen molar-refractivity contribution < 1.29 is 4.79 Å². The van der Waals surface area contributed by atoms with Gasteiger partial charge >= 0.3 is 0 Å². The van der Waals surface area contributed by atoms with Gasteiger partial charge in [0.15, 0.2) is 0 Å². The normalized spacial score (nSPS) is 17.1. The van der Waals surface area contributed by atoms with Gasteiger partial charge < -0.3 is 10.6 Å². The van der Waals surface area contributed by atoms with Crippen LogP contribution in [0.2, 0.25) is 0 Å². The molecule has 1 aliphatic heterocycles. The predicted molar refractivity (Wildman–Crippen MR) is 117 cm³/mol. The van der Waals surface area contributed by atoms with Gasteiger partial charge in [0.05, 0.1) is 12.2 Å². The lowest BCUT2D eigenvalue weighted by atomic mass is 10.0. The first kappa shape index (κ1) is 18.5. The summed E-state index contributed by atoms with van der Waals surface area (Å²) in [7, 11) is 0. The number of hydrogen-bond donors (Lipinski definition) is 1. The van der Waals surface area contributed by atoms with Crippen molar-refractivity contribution in [3.05, 3.63) is 40.3 Å². The molecule has 0 saturated carbocycles. The maximum atomic E-state index is 11.2. The number of anilines is 1. The zero-order valence-electron chi connectivity index (χ0n) is 16.6. The van der Waals surface area contributed by atoms with E-state index in [0.717, 1.165) is 61.1 Å². The van der Waals surface area contributed by atoms with E-state index in [0.29, 0.717) is 6.54 Å². The molecule has 6 nitrogen and oxygen atoms in total. The molecule has 1 aliphatic carbocycles. The van der Waals surface area contributed by atoms with Crippen molar-refractivity contribution >= 4 is 33.4 Å². The molecule has 0 radical (unpaired) electrons. The Morgan fingerprint density at radius 2 is 1.86 bits per heavy atom. The van der Waals surface area contributed by atoms with Crippen molar-refractivity contribution in [2.75, 3.05) is 37.6 Å². The molecule has 3 heterocycles. The van der Waals surface area contributed by atoms with Crippen LogP contribution in [0.1, 0.15) is 22.4 Å². The van der Waals surface area contributed by atoms with Gasteiger partial charge in [0.2, 0.25) is 11.9 Å². The minimum atomic E-state index is -0.272. The van der Waals surface area contributed by atoms with Crippen LogP contribution in [0.4, 0.5) is 5.95 Å². The first-order chi connectivity index (χ1) is 14.1. The molecule has 1 fully saturated rings. The van der Waals surface area contributed by atoms with Crippen molar-refractivity contribution in [3.8, 4) is 11.3 Å². The lowest BCUT2D eigenvalue weighted by molar-refractivity contribution is -0.119. The Balaban J connectivity index is 1.54. The highest BCUT2D eigenvalue weighted by Gasteiger charge is 2.26. The second-order valence-electron chi connectivity index (χ2n) is 8.01. The van der Waals surface area contributed by atoms with E-state index in [4.69, 9.17) is 15.7 Å². The Kier molecular flexibility index (Phi) is 4.72. The first-order valence-corrected chi connectivity index (χ1v) is 11.0. The lowest BCUT2D eigenvalue weighted by Crippen LogP contribution is -2.49. The highest BCUT2D eigenvalue weighted by Crippen LogP contribution is 2.41. The van der Waals surface area contributed by atoms with Crippen LogP contribution in [0.25, 0.3) is 21.5 Å². The first-order valence-electron chi connectivity index (χ1n) is 10.2. The molecule has 29 heavy (non-hydrogen) atoms. The average molecular weight is 408 g/mol. The Morgan fingerprint density at radius 3 is 2.59 bits per heavy atom. The highest BCUT2D eigenvalue weighted by atomic mass is 32.1. The number of aromatic nitrogens is 2. The summed E-state index contributed by atoms with van der Waals surface area (Å²) in [5, 5.41) is 1.25. The number of carbonyl (C=O) groups is 1. The molecule has 5 rings (SSSR count). The van der Waals surface area contributed by atoms with Crippen LogP contribution in [0.3, 0.4) is 0 Å². The number of rotatable bonds is 4. The van der Waals surface area contributed by atoms with Crippen LogP contribution in [0.5, 0.6) is 0 Å². The van der Waals surface area contributed by atoms with Gasteiger partial charge in [0.25, 0.3) is 0 Å². The topological polar surface area (TPSA) is 75.3 Å². The molecular formula is C22H25N5OS. The molecule has 7 heteroatoms. The van der Waals surface area contributed by atoms with Gasteiger partial charge in [-0.15, -0.1) is 11.3 Å². The summed E-state index contributed by atoms with van der Waals surface area (Å²) in [4.78, 5) is 28.2. The van der Waals surface area contributed by atoms with Crippen LogP contribution in [0.15, 0.2) is 24.3 Å². The Morgan fingerprint density at radius 1 is 1.10 bits per heavy atom. The maximum Gasteiger partial charge on any atom is 0.231 e. The fraction of sp³-hybridized carbons (Fsp3) is 0.409. The second kappa shape index (κ2) is 7.39. The van der Waals surface area contributed by atoms with Crippen LogP contribution in [0, 0.1) is 6.92 Å². The number of carbonyl (C=O) groups excluding carboxylic acids is 1. The van der Waals surface area contributed by atoms with Crippen LogP contribution < -0.4 is 10.6 Å². The van der Waals surface area contributed by atoms with Gasteiger partial charge in [-0.05, 0) is 31.7 Å². The number of aryl methyl sites for hydroxylation is 3. The predicted octanol–water partition coefficient (Wildman–Crippen LogP) is 2.76. The molecule has 150 valence electrons. The summed E-state index contributed by atoms with van der Waals surface area (Å²) in [6.07, 6.45) is 3.52. The Hall–Kier alpha value is -2.51. The lowest BCUT2D eigenvalue weighted by Gasteiger charge is -2.34. The zero-order valence-corrected chi connectivity index (χ0v) is 17.5. The molecule has 0 bridgehead atoms. The fourth-order valence-electron chi connectivity index (χ4n) is 4.37. The fourth-order valence-corrected chi connectivity index (χ4v) is 5.63. The molecule has 0 atom stereocenters. The Bertz CT molecular complexity index is 1070. The van der Waals surface area contributed by atoms with E-state index >= 15 is 0 Å². The third-order valence-corrected chi connectivity index (χ3v) is 7.10. The van der Waals surface area contributed by atoms with Crippen molar-refractivity contribution in [1.29, 1.82) is 0 Å². The van der Waals surface area contributed by atoms with Crippen molar-refractivity contribution in [3.63, 3.8) is 0 Å². The average Bonchev–Trinajstić information content (AvgIpc) is 3.29. The van der Waals surface area contributed by atoms with E-state index in [1.54, 1.807) is 0 Å². The summed E-state index contributed by atoms with van der Waals surface area (Å²) >= 11 is 1.84. The van der Waals surface area contributed by atoms with Crippen LogP contribution >= 0.6 is 11.3 Å². The Labute approximate surface area is 174 Å². The summed E-state index contributed by atoms with van der Waals surface area (Å²) in [6, 6.07) is 8.64. The van der Waals surface area contributed by atoms with E-state index in [9.17, 15) is 4.79 Å². The van der Waals surface area contributed by atoms with Crippen molar-refractivity contribution in [2.24, 2.45) is 5.73 Å². The summed E-state index contributed by atoms with van der Waals surface area (Å²) < 4.78 is 0. The van der Waals surface area contributed by atoms with E-state index < -0.39 is 0 Å². The number of thiophene rings is 1. The maximum absolute atomic E-state index is 11.2. The summed E-state index contributed by atoms with van der Waals surface area (Å²) in [6.45, 7) is 5.63. The van der Waals surface area contributed by atoms with Crippen LogP contribution in [-0.4, -0.2) is 53.5 Å². The monoisotopic (exact) mass is 407 g/mol. The molecule has 3 aromatic rings. The van der Waals surface area contributed by atoms with Gasteiger partial charge in [-0.3, -0.25) is 9.69 Å². The molecular weight excluding hydrogens is 382 g/mol. The molecule has 2 aromatic heterocycles. The smallest absolute Gasteiger partial charge is 0.231 e. The summed E-state index contributed by atoms with van der Waals surface area (Å²) in [5.74, 6) is 0.526. The molecule has 2 aliphatic rings. The molecule has 0 unspecified atom stereocenters. The zero-order chi connectivity index (χ0) is 20.0. The molecule has 2 N–H and O–H groups in total. The van der Waals surface area contributed by atoms with Crippen molar-refractivity contribution in [2.45, 2.75) is 26.2 Å². The van der Waals surface area contributed by atoms with Gasteiger partial charge in [0.1, 0.15) is 4.83 Å². The number of hydrogen-bond acceptors (Lipinski definition) is 6. The van der Waals surface area contributed by atoms with Crippen molar-refractivity contribution in [1.82, 2.24) is 14.9 Å². The van der Waals surface area contributed by atoms with Gasteiger partial charge in [-0.2, -0.15) is 0 Å². The van der Waals surface area contributed by atoms with E-state index in [2.05, 4.69) is 41.0 Å². The van der Waals surface area contributed by atoms with E-state index in [1.165, 1.54) is 27.8 Å². The number of nitrogens with two attached hydrogens (primary N) is 1. The number of fused-ring (bicyclic) bond motifs is 3. The SMILES string of the molecule is Cc1ccc(-c2nc(N3CCN(CC(N)=O)CC3)nc3sc4c(c23)CCC4)cc1. The number of benzene rings is 1. The standard InChI is InChI=1S/C22H25N5OS/c1-14-5-7-15(8-6-14)20-19-16-3-2-4-17(16)29-21(19)25-22(24-20)27-11-9-26(10-12-27)13-18(23)28/h5-8H,2-4,9-13H2,1H3,(H2,23,28). The molecule has 1 aromatic carbocycles. The third-order valence-electron chi connectivity index (χ3n) is 5.91. The quantitative estimate of drug-likeness (QED) is 0.720. The highest BCUT2D eigenvalue weighted by molar-refractivity contribution is 7.19. The third kappa shape index (κ3) is 3.49. The van der Waals surface area contributed by atoms with E-state index in [-0.39, 0.29) is 5.91 Å². The van der Waals surface area contributed by atoms with Gasteiger partial charge in [-0.25, -0.2) is 9.97 Å². The van der Waals surface area contributed by atoms with Crippen LogP contribution in [-0.2, 0) is 17.6 Å². The minimum absolute atomic E-state index is 0.272. The van der Waals surface area contributed by atoms with E-state index in [1.807, 2.05) is 11.3 Å².